The molecule has 33 heavy (non-hydrogen) atoms. The summed E-state index contributed by atoms with van der Waals surface area (Å²) in [6, 6.07) is 16.6. The molecule has 8 heteroatoms. The maximum absolute atomic E-state index is 12.9. The van der Waals surface area contributed by atoms with Gasteiger partial charge < -0.3 is 10.2 Å². The molecule has 2 aromatic heterocycles. The summed E-state index contributed by atoms with van der Waals surface area (Å²) in [5, 5.41) is 11.7. The minimum Gasteiger partial charge on any atom is -0.342 e. The third-order valence-electron chi connectivity index (χ3n) is 6.22. The van der Waals surface area contributed by atoms with Crippen LogP contribution in [0.2, 0.25) is 0 Å². The van der Waals surface area contributed by atoms with Crippen molar-refractivity contribution in [3.05, 3.63) is 76.8 Å². The molecule has 1 fully saturated rings. The highest BCUT2D eigenvalue weighted by atomic mass is 16.2. The molecular weight excluding hydrogens is 418 g/mol. The Morgan fingerprint density at radius 2 is 1.73 bits per heavy atom. The zero-order valence-corrected chi connectivity index (χ0v) is 18.0. The van der Waals surface area contributed by atoms with Crippen molar-refractivity contribution in [2.75, 3.05) is 18.4 Å². The fourth-order valence-electron chi connectivity index (χ4n) is 4.40. The van der Waals surface area contributed by atoms with E-state index in [1.807, 2.05) is 36.4 Å². The number of H-pyrrole nitrogens is 1. The highest BCUT2D eigenvalue weighted by molar-refractivity contribution is 6.01. The van der Waals surface area contributed by atoms with Gasteiger partial charge in [0.25, 0.3) is 5.56 Å². The van der Waals surface area contributed by atoms with E-state index in [9.17, 15) is 14.4 Å². The first-order valence-corrected chi connectivity index (χ1v) is 11.0. The molecule has 0 bridgehead atoms. The van der Waals surface area contributed by atoms with Crippen molar-refractivity contribution >= 4 is 39.2 Å². The highest BCUT2D eigenvalue weighted by Gasteiger charge is 2.28. The molecule has 0 unspecified atom stereocenters. The molecular formula is C25H23N5O3. The summed E-state index contributed by atoms with van der Waals surface area (Å²) in [6.45, 7) is 1.02. The second kappa shape index (κ2) is 8.82. The van der Waals surface area contributed by atoms with Crippen LogP contribution in [0.15, 0.2) is 65.6 Å². The molecule has 5 rings (SSSR count). The first-order chi connectivity index (χ1) is 16.1. The van der Waals surface area contributed by atoms with Crippen LogP contribution in [-0.2, 0) is 16.0 Å². The van der Waals surface area contributed by atoms with Crippen LogP contribution in [0, 0.1) is 5.92 Å². The van der Waals surface area contributed by atoms with Crippen LogP contribution in [0.3, 0.4) is 0 Å². The van der Waals surface area contributed by atoms with Crippen LogP contribution < -0.4 is 10.9 Å². The Labute approximate surface area is 189 Å². The Hall–Kier alpha value is -4.07. The molecule has 166 valence electrons. The van der Waals surface area contributed by atoms with Gasteiger partial charge in [-0.05, 0) is 43.2 Å². The maximum Gasteiger partial charge on any atom is 0.272 e. The van der Waals surface area contributed by atoms with Crippen LogP contribution in [-0.4, -0.2) is 45.0 Å². The van der Waals surface area contributed by atoms with E-state index in [2.05, 4.69) is 20.5 Å². The Morgan fingerprint density at radius 1 is 0.970 bits per heavy atom. The molecule has 3 heterocycles. The summed E-state index contributed by atoms with van der Waals surface area (Å²) in [7, 11) is 0. The van der Waals surface area contributed by atoms with Gasteiger partial charge in [-0.1, -0.05) is 24.3 Å². The number of piperidine rings is 1. The fourth-order valence-corrected chi connectivity index (χ4v) is 4.40. The number of aromatic amines is 1. The molecule has 4 aromatic rings. The second-order valence-corrected chi connectivity index (χ2v) is 8.24. The number of anilines is 1. The lowest BCUT2D eigenvalue weighted by Crippen LogP contribution is -2.42. The van der Waals surface area contributed by atoms with Gasteiger partial charge in [-0.3, -0.25) is 19.4 Å². The average Bonchev–Trinajstić information content (AvgIpc) is 2.86. The minimum absolute atomic E-state index is 0.0354. The normalized spacial score (nSPS) is 14.5. The van der Waals surface area contributed by atoms with E-state index in [-0.39, 0.29) is 29.7 Å². The van der Waals surface area contributed by atoms with E-state index in [1.165, 1.54) is 0 Å². The number of rotatable bonds is 4. The molecule has 0 aliphatic carbocycles. The molecule has 0 atom stereocenters. The molecule has 0 spiro atoms. The summed E-state index contributed by atoms with van der Waals surface area (Å²) in [5.41, 5.74) is 1.87. The number of hydrogen-bond acceptors (Lipinski definition) is 5. The Balaban J connectivity index is 1.22. The number of nitrogens with one attached hydrogen (secondary N) is 2. The van der Waals surface area contributed by atoms with E-state index in [1.54, 1.807) is 29.3 Å². The predicted octanol–water partition coefficient (Wildman–Crippen LogP) is 2.89. The summed E-state index contributed by atoms with van der Waals surface area (Å²) in [6.07, 6.45) is 3.03. The van der Waals surface area contributed by atoms with Gasteiger partial charge in [0, 0.05) is 36.0 Å². The average molecular weight is 441 g/mol. The number of carbonyl (C=O) groups excluding carboxylic acids is 2. The van der Waals surface area contributed by atoms with Crippen molar-refractivity contribution < 1.29 is 9.59 Å². The van der Waals surface area contributed by atoms with Crippen molar-refractivity contribution in [1.29, 1.82) is 0 Å². The molecule has 1 saturated heterocycles. The number of carbonyl (C=O) groups is 2. The summed E-state index contributed by atoms with van der Waals surface area (Å²) >= 11 is 0. The molecule has 2 aromatic carbocycles. The molecule has 2 amide bonds. The molecule has 0 radical (unpaired) electrons. The molecule has 1 aliphatic rings. The zero-order valence-electron chi connectivity index (χ0n) is 18.0. The standard InChI is InChI=1S/C25H23N5O3/c31-23(15-22-17-5-1-2-6-18(17)25(33)29-28-22)30-13-10-16(11-14-30)24(32)27-21-9-3-8-20-19(21)7-4-12-26-20/h1-9,12,16H,10-11,13-15H2,(H,27,32)(H,29,33). The Bertz CT molecular complexity index is 1400. The van der Waals surface area contributed by atoms with Crippen molar-refractivity contribution in [1.82, 2.24) is 20.1 Å². The maximum atomic E-state index is 12.9. The third kappa shape index (κ3) is 4.19. The van der Waals surface area contributed by atoms with E-state index in [4.69, 9.17) is 0 Å². The lowest BCUT2D eigenvalue weighted by Gasteiger charge is -2.31. The van der Waals surface area contributed by atoms with Crippen LogP contribution in [0.5, 0.6) is 0 Å². The van der Waals surface area contributed by atoms with Crippen molar-refractivity contribution in [3.63, 3.8) is 0 Å². The predicted molar refractivity (Wildman–Crippen MR) is 126 cm³/mol. The minimum atomic E-state index is -0.268. The number of likely N-dealkylation sites (tertiary alicyclic amines) is 1. The summed E-state index contributed by atoms with van der Waals surface area (Å²) < 4.78 is 0. The SMILES string of the molecule is O=C(Nc1cccc2ncccc12)C1CCN(C(=O)Cc2n[nH]c(=O)c3ccccc23)CC1. The number of fused-ring (bicyclic) bond motifs is 2. The van der Waals surface area contributed by atoms with Gasteiger partial charge in [-0.2, -0.15) is 5.10 Å². The van der Waals surface area contributed by atoms with E-state index >= 15 is 0 Å². The van der Waals surface area contributed by atoms with Gasteiger partial charge in [0.05, 0.1) is 28.7 Å². The van der Waals surface area contributed by atoms with Gasteiger partial charge in [0.2, 0.25) is 11.8 Å². The number of nitrogens with zero attached hydrogens (tertiary/aromatic N) is 3. The second-order valence-electron chi connectivity index (χ2n) is 8.24. The topological polar surface area (TPSA) is 108 Å². The monoisotopic (exact) mass is 441 g/mol. The number of hydrogen-bond donors (Lipinski definition) is 2. The lowest BCUT2D eigenvalue weighted by atomic mass is 9.95. The van der Waals surface area contributed by atoms with Crippen LogP contribution in [0.4, 0.5) is 5.69 Å². The largest absolute Gasteiger partial charge is 0.342 e. The summed E-state index contributed by atoms with van der Waals surface area (Å²) in [5.74, 6) is -0.251. The first kappa shape index (κ1) is 20.8. The van der Waals surface area contributed by atoms with Gasteiger partial charge in [0.15, 0.2) is 0 Å². The number of pyridine rings is 1. The quantitative estimate of drug-likeness (QED) is 0.506. The molecule has 0 saturated carbocycles. The smallest absolute Gasteiger partial charge is 0.272 e. The molecule has 8 nitrogen and oxygen atoms in total. The van der Waals surface area contributed by atoms with Crippen molar-refractivity contribution in [3.8, 4) is 0 Å². The van der Waals surface area contributed by atoms with E-state index in [0.29, 0.717) is 42.4 Å². The Kier molecular flexibility index (Phi) is 5.56. The number of benzene rings is 2. The fraction of sp³-hybridized carbons (Fsp3) is 0.240. The zero-order chi connectivity index (χ0) is 22.8. The number of amides is 2. The van der Waals surface area contributed by atoms with Gasteiger partial charge >= 0.3 is 0 Å². The van der Waals surface area contributed by atoms with Gasteiger partial charge in [-0.25, -0.2) is 5.10 Å². The van der Waals surface area contributed by atoms with Crippen molar-refractivity contribution in [2.45, 2.75) is 19.3 Å². The van der Waals surface area contributed by atoms with Crippen molar-refractivity contribution in [2.24, 2.45) is 5.92 Å². The van der Waals surface area contributed by atoms with E-state index in [0.717, 1.165) is 16.6 Å². The Morgan fingerprint density at radius 3 is 2.55 bits per heavy atom. The number of aromatic nitrogens is 3. The van der Waals surface area contributed by atoms with Gasteiger partial charge in [0.1, 0.15) is 0 Å². The highest BCUT2D eigenvalue weighted by Crippen LogP contribution is 2.25. The van der Waals surface area contributed by atoms with Crippen LogP contribution in [0.25, 0.3) is 21.7 Å². The first-order valence-electron chi connectivity index (χ1n) is 11.0. The molecule has 2 N–H and O–H groups in total. The van der Waals surface area contributed by atoms with Crippen LogP contribution >= 0.6 is 0 Å². The van der Waals surface area contributed by atoms with Crippen LogP contribution in [0.1, 0.15) is 18.5 Å². The lowest BCUT2D eigenvalue weighted by molar-refractivity contribution is -0.133. The van der Waals surface area contributed by atoms with E-state index < -0.39 is 0 Å². The summed E-state index contributed by atoms with van der Waals surface area (Å²) in [4.78, 5) is 43.8. The third-order valence-corrected chi connectivity index (χ3v) is 6.22. The molecule has 1 aliphatic heterocycles. The van der Waals surface area contributed by atoms with Gasteiger partial charge in [-0.15, -0.1) is 0 Å².